The van der Waals surface area contributed by atoms with Crippen molar-refractivity contribution < 1.29 is 9.47 Å². The largest absolute Gasteiger partial charge is 0.486 e. The maximum absolute atomic E-state index is 6.09. The van der Waals surface area contributed by atoms with Crippen molar-refractivity contribution in [2.75, 3.05) is 24.3 Å². The second-order valence-electron chi connectivity index (χ2n) is 5.34. The average molecular weight is 304 g/mol. The van der Waals surface area contributed by atoms with Crippen LogP contribution in [0, 0.1) is 6.92 Å². The second kappa shape index (κ2) is 5.85. The molecule has 1 aliphatic rings. The molecule has 0 amide bonds. The van der Waals surface area contributed by atoms with E-state index in [1.807, 2.05) is 23.5 Å². The van der Waals surface area contributed by atoms with Crippen molar-refractivity contribution in [1.82, 2.24) is 0 Å². The minimum Gasteiger partial charge on any atom is -0.486 e. The molecule has 4 nitrogen and oxygen atoms in total. The number of aryl methyl sites for hydroxylation is 1. The van der Waals surface area contributed by atoms with Crippen LogP contribution in [-0.2, 0) is 6.42 Å². The molecule has 1 aromatic carbocycles. The van der Waals surface area contributed by atoms with E-state index in [-0.39, 0.29) is 0 Å². The highest BCUT2D eigenvalue weighted by Crippen LogP contribution is 2.37. The van der Waals surface area contributed by atoms with E-state index >= 15 is 0 Å². The number of anilines is 2. The molecule has 0 fully saturated rings. The average Bonchev–Trinajstić information content (AvgIpc) is 2.85. The lowest BCUT2D eigenvalue weighted by Gasteiger charge is -2.22. The van der Waals surface area contributed by atoms with Gasteiger partial charge in [0.15, 0.2) is 11.5 Å². The normalized spacial score (nSPS) is 14.8. The number of ether oxygens (including phenoxy) is 2. The van der Waals surface area contributed by atoms with Crippen LogP contribution in [0.15, 0.2) is 24.3 Å². The number of thiophene rings is 1. The van der Waals surface area contributed by atoms with Crippen LogP contribution in [0.4, 0.5) is 11.4 Å². The van der Waals surface area contributed by atoms with Crippen LogP contribution in [0.25, 0.3) is 0 Å². The molecule has 21 heavy (non-hydrogen) atoms. The first kappa shape index (κ1) is 14.1. The van der Waals surface area contributed by atoms with Crippen molar-refractivity contribution in [3.63, 3.8) is 0 Å². The van der Waals surface area contributed by atoms with Gasteiger partial charge in [-0.05, 0) is 26.0 Å². The summed E-state index contributed by atoms with van der Waals surface area (Å²) >= 11 is 1.84. The minimum atomic E-state index is 0.299. The van der Waals surface area contributed by atoms with Gasteiger partial charge in [-0.25, -0.2) is 0 Å². The van der Waals surface area contributed by atoms with E-state index in [0.29, 0.717) is 24.9 Å². The molecule has 3 rings (SSSR count). The SMILES string of the molecule is Cc1ccc(CC(C)Nc2cc3c(cc2N)OCCO3)s1. The maximum atomic E-state index is 6.09. The molecule has 1 atom stereocenters. The fraction of sp³-hybridized carbons (Fsp3) is 0.375. The zero-order valence-corrected chi connectivity index (χ0v) is 13.1. The molecule has 0 saturated heterocycles. The van der Waals surface area contributed by atoms with Crippen molar-refractivity contribution in [1.29, 1.82) is 0 Å². The Kier molecular flexibility index (Phi) is 3.92. The molecule has 0 spiro atoms. The number of nitrogens with two attached hydrogens (primary N) is 1. The van der Waals surface area contributed by atoms with Gasteiger partial charge in [0, 0.05) is 34.3 Å². The molecular weight excluding hydrogens is 284 g/mol. The predicted molar refractivity (Wildman–Crippen MR) is 87.7 cm³/mol. The first-order valence-electron chi connectivity index (χ1n) is 7.13. The molecule has 3 N–H and O–H groups in total. The minimum absolute atomic E-state index is 0.299. The van der Waals surface area contributed by atoms with Gasteiger partial charge in [0.1, 0.15) is 13.2 Å². The van der Waals surface area contributed by atoms with Crippen LogP contribution in [0.2, 0.25) is 0 Å². The van der Waals surface area contributed by atoms with Gasteiger partial charge in [-0.15, -0.1) is 11.3 Å². The number of benzene rings is 1. The topological polar surface area (TPSA) is 56.5 Å². The molecule has 0 aliphatic carbocycles. The molecule has 2 aromatic rings. The van der Waals surface area contributed by atoms with Crippen LogP contribution in [-0.4, -0.2) is 19.3 Å². The molecule has 112 valence electrons. The van der Waals surface area contributed by atoms with Gasteiger partial charge in [0.25, 0.3) is 0 Å². The Balaban J connectivity index is 1.71. The number of nitrogen functional groups attached to an aromatic ring is 1. The summed E-state index contributed by atoms with van der Waals surface area (Å²) in [6.45, 7) is 5.45. The van der Waals surface area contributed by atoms with E-state index in [4.69, 9.17) is 15.2 Å². The molecule has 0 bridgehead atoms. The molecule has 1 unspecified atom stereocenters. The number of nitrogens with one attached hydrogen (secondary N) is 1. The van der Waals surface area contributed by atoms with Gasteiger partial charge >= 0.3 is 0 Å². The van der Waals surface area contributed by atoms with Crippen molar-refractivity contribution in [3.8, 4) is 11.5 Å². The van der Waals surface area contributed by atoms with E-state index < -0.39 is 0 Å². The van der Waals surface area contributed by atoms with E-state index in [9.17, 15) is 0 Å². The smallest absolute Gasteiger partial charge is 0.163 e. The third kappa shape index (κ3) is 3.24. The second-order valence-corrected chi connectivity index (χ2v) is 6.72. The maximum Gasteiger partial charge on any atom is 0.163 e. The van der Waals surface area contributed by atoms with E-state index in [1.54, 1.807) is 0 Å². The summed E-state index contributed by atoms with van der Waals surface area (Å²) in [7, 11) is 0. The lowest BCUT2D eigenvalue weighted by molar-refractivity contribution is 0.172. The third-order valence-electron chi connectivity index (χ3n) is 3.42. The van der Waals surface area contributed by atoms with Crippen molar-refractivity contribution >= 4 is 22.7 Å². The van der Waals surface area contributed by atoms with E-state index in [0.717, 1.165) is 23.6 Å². The molecule has 2 heterocycles. The molecule has 1 aliphatic heterocycles. The molecule has 0 radical (unpaired) electrons. The Morgan fingerprint density at radius 3 is 2.62 bits per heavy atom. The Morgan fingerprint density at radius 1 is 1.24 bits per heavy atom. The van der Waals surface area contributed by atoms with Gasteiger partial charge in [-0.1, -0.05) is 0 Å². The molecule has 5 heteroatoms. The summed E-state index contributed by atoms with van der Waals surface area (Å²) in [6, 6.07) is 8.41. The van der Waals surface area contributed by atoms with Crippen LogP contribution in [0.3, 0.4) is 0 Å². The fourth-order valence-electron chi connectivity index (χ4n) is 2.44. The van der Waals surface area contributed by atoms with E-state index in [2.05, 4.69) is 31.3 Å². The lowest BCUT2D eigenvalue weighted by atomic mass is 10.1. The summed E-state index contributed by atoms with van der Waals surface area (Å²) < 4.78 is 11.1. The highest BCUT2D eigenvalue weighted by molar-refractivity contribution is 7.11. The lowest BCUT2D eigenvalue weighted by Crippen LogP contribution is -2.20. The van der Waals surface area contributed by atoms with Crippen molar-refractivity contribution in [2.45, 2.75) is 26.3 Å². The highest BCUT2D eigenvalue weighted by Gasteiger charge is 2.16. The summed E-state index contributed by atoms with van der Waals surface area (Å²) in [5, 5.41) is 3.46. The van der Waals surface area contributed by atoms with Crippen LogP contribution < -0.4 is 20.5 Å². The Morgan fingerprint density at radius 2 is 1.95 bits per heavy atom. The monoisotopic (exact) mass is 304 g/mol. The number of fused-ring (bicyclic) bond motifs is 1. The Bertz CT molecular complexity index is 639. The van der Waals surface area contributed by atoms with Gasteiger partial charge in [0.05, 0.1) is 11.4 Å². The van der Waals surface area contributed by atoms with Crippen LogP contribution in [0.1, 0.15) is 16.7 Å². The van der Waals surface area contributed by atoms with E-state index in [1.165, 1.54) is 9.75 Å². The number of hydrogen-bond donors (Lipinski definition) is 2. The highest BCUT2D eigenvalue weighted by atomic mass is 32.1. The third-order valence-corrected chi connectivity index (χ3v) is 4.44. The zero-order valence-electron chi connectivity index (χ0n) is 12.3. The van der Waals surface area contributed by atoms with Gasteiger partial charge < -0.3 is 20.5 Å². The molecule has 1 aromatic heterocycles. The Labute approximate surface area is 128 Å². The standard InChI is InChI=1S/C16H20N2O2S/c1-10(7-12-4-3-11(2)21-12)18-14-9-16-15(8-13(14)17)19-5-6-20-16/h3-4,8-10,18H,5-7,17H2,1-2H3. The molecule has 0 saturated carbocycles. The van der Waals surface area contributed by atoms with Gasteiger partial charge in [-0.2, -0.15) is 0 Å². The Hall–Kier alpha value is -1.88. The quantitative estimate of drug-likeness (QED) is 0.849. The molecular formula is C16H20N2O2S. The first-order valence-corrected chi connectivity index (χ1v) is 7.94. The fourth-order valence-corrected chi connectivity index (χ4v) is 3.46. The summed E-state index contributed by atoms with van der Waals surface area (Å²) in [4.78, 5) is 2.72. The summed E-state index contributed by atoms with van der Waals surface area (Å²) in [5.74, 6) is 1.49. The number of rotatable bonds is 4. The van der Waals surface area contributed by atoms with Gasteiger partial charge in [-0.3, -0.25) is 0 Å². The van der Waals surface area contributed by atoms with Crippen LogP contribution in [0.5, 0.6) is 11.5 Å². The van der Waals surface area contributed by atoms with Crippen LogP contribution >= 0.6 is 11.3 Å². The summed E-state index contributed by atoms with van der Waals surface area (Å²) in [5.41, 5.74) is 7.69. The predicted octanol–water partition coefficient (Wildman–Crippen LogP) is 3.45. The van der Waals surface area contributed by atoms with Gasteiger partial charge in [0.2, 0.25) is 0 Å². The van der Waals surface area contributed by atoms with Crippen molar-refractivity contribution in [2.24, 2.45) is 0 Å². The first-order chi connectivity index (χ1) is 10.1. The summed E-state index contributed by atoms with van der Waals surface area (Å²) in [6.07, 6.45) is 0.979. The number of hydrogen-bond acceptors (Lipinski definition) is 5. The van der Waals surface area contributed by atoms with Crippen molar-refractivity contribution in [3.05, 3.63) is 34.0 Å². The zero-order chi connectivity index (χ0) is 14.8.